The maximum atomic E-state index is 12.0. The van der Waals surface area contributed by atoms with E-state index in [1.165, 1.54) is 0 Å². The molecule has 1 unspecified atom stereocenters. The predicted octanol–water partition coefficient (Wildman–Crippen LogP) is 4.72. The summed E-state index contributed by atoms with van der Waals surface area (Å²) in [7, 11) is 0. The third kappa shape index (κ3) is 3.23. The smallest absolute Gasteiger partial charge is 0.307 e. The van der Waals surface area contributed by atoms with Crippen LogP contribution in [0, 0.1) is 0 Å². The molecule has 2 N–H and O–H groups in total. The second-order valence-corrected chi connectivity index (χ2v) is 7.91. The Kier molecular flexibility index (Phi) is 4.77. The van der Waals surface area contributed by atoms with Crippen molar-refractivity contribution in [2.24, 2.45) is 0 Å². The van der Waals surface area contributed by atoms with Gasteiger partial charge >= 0.3 is 5.97 Å². The Morgan fingerprint density at radius 3 is 2.46 bits per heavy atom. The Morgan fingerprint density at radius 1 is 1.11 bits per heavy atom. The number of rotatable bonds is 7. The average Bonchev–Trinajstić information content (AvgIpc) is 3.29. The number of halogens is 1. The summed E-state index contributed by atoms with van der Waals surface area (Å²) in [5.41, 5.74) is 1.38. The van der Waals surface area contributed by atoms with Gasteiger partial charge < -0.3 is 14.6 Å². The van der Waals surface area contributed by atoms with Gasteiger partial charge in [-0.1, -0.05) is 54.1 Å². The Bertz CT molecular complexity index is 977. The van der Waals surface area contributed by atoms with Crippen molar-refractivity contribution in [3.8, 4) is 0 Å². The largest absolute Gasteiger partial charge is 0.481 e. The molecule has 0 saturated heterocycles. The van der Waals surface area contributed by atoms with Gasteiger partial charge in [0.2, 0.25) is 0 Å². The molecule has 1 saturated carbocycles. The van der Waals surface area contributed by atoms with Gasteiger partial charge in [-0.2, -0.15) is 0 Å². The number of hydrogen-bond acceptors (Lipinski definition) is 3. The number of carboxylic acids is 1. The lowest BCUT2D eigenvalue weighted by molar-refractivity contribution is -0.136. The van der Waals surface area contributed by atoms with Gasteiger partial charge in [-0.05, 0) is 41.7 Å². The summed E-state index contributed by atoms with van der Waals surface area (Å²) in [6.45, 7) is 0. The minimum atomic E-state index is -1.22. The minimum absolute atomic E-state index is 0.0803. The molecule has 5 heteroatoms. The second kappa shape index (κ2) is 7.12. The molecule has 4 nitrogen and oxygen atoms in total. The highest BCUT2D eigenvalue weighted by atomic mass is 35.5. The molecule has 0 aliphatic heterocycles. The van der Waals surface area contributed by atoms with E-state index < -0.39 is 17.0 Å². The quantitative estimate of drug-likeness (QED) is 0.606. The molecule has 1 aromatic heterocycles. The Morgan fingerprint density at radius 2 is 1.86 bits per heavy atom. The molecular weight excluding hydrogens is 376 g/mol. The monoisotopic (exact) mass is 396 g/mol. The molecule has 28 heavy (non-hydrogen) atoms. The molecule has 144 valence electrons. The first kappa shape index (κ1) is 18.8. The third-order valence-corrected chi connectivity index (χ3v) is 6.07. The van der Waals surface area contributed by atoms with Gasteiger partial charge in [0.15, 0.2) is 0 Å². The maximum absolute atomic E-state index is 12.0. The zero-order chi connectivity index (χ0) is 19.8. The van der Waals surface area contributed by atoms with Crippen molar-refractivity contribution in [2.75, 3.05) is 0 Å². The number of hydrogen-bond donors (Lipinski definition) is 2. The summed E-state index contributed by atoms with van der Waals surface area (Å²) in [6.07, 6.45) is 4.99. The van der Waals surface area contributed by atoms with Crippen molar-refractivity contribution < 1.29 is 19.4 Å². The van der Waals surface area contributed by atoms with E-state index in [0.717, 1.165) is 24.0 Å². The normalized spacial score (nSPS) is 17.1. The van der Waals surface area contributed by atoms with E-state index in [4.69, 9.17) is 21.1 Å². The van der Waals surface area contributed by atoms with Gasteiger partial charge in [-0.15, -0.1) is 0 Å². The summed E-state index contributed by atoms with van der Waals surface area (Å²) < 4.78 is 5.29. The van der Waals surface area contributed by atoms with Crippen molar-refractivity contribution in [1.29, 1.82) is 0 Å². The fourth-order valence-corrected chi connectivity index (χ4v) is 4.49. The lowest BCUT2D eigenvalue weighted by Gasteiger charge is -2.37. The molecule has 1 heterocycles. The van der Waals surface area contributed by atoms with Gasteiger partial charge in [0.05, 0.1) is 18.9 Å². The molecule has 1 aliphatic carbocycles. The van der Waals surface area contributed by atoms with Crippen LogP contribution in [0.25, 0.3) is 0 Å². The fourth-order valence-electron chi connectivity index (χ4n) is 4.19. The van der Waals surface area contributed by atoms with E-state index in [1.807, 2.05) is 36.4 Å². The molecular formula is C23H21ClO4. The summed E-state index contributed by atoms with van der Waals surface area (Å²) in [6, 6.07) is 16.9. The van der Waals surface area contributed by atoms with Crippen LogP contribution in [0.3, 0.4) is 0 Å². The zero-order valence-electron chi connectivity index (χ0n) is 15.3. The highest BCUT2D eigenvalue weighted by Crippen LogP contribution is 2.62. The van der Waals surface area contributed by atoms with Crippen molar-refractivity contribution in [1.82, 2.24) is 0 Å². The van der Waals surface area contributed by atoms with E-state index in [1.54, 1.807) is 30.7 Å². The number of carboxylic acid groups (broad SMARTS) is 1. The van der Waals surface area contributed by atoms with Crippen LogP contribution in [0.4, 0.5) is 0 Å². The van der Waals surface area contributed by atoms with Crippen LogP contribution in [-0.2, 0) is 28.7 Å². The number of carbonyl (C=O) groups is 1. The lowest BCUT2D eigenvalue weighted by Crippen LogP contribution is -2.42. The highest BCUT2D eigenvalue weighted by molar-refractivity contribution is 6.31. The Hall–Kier alpha value is -2.56. The first-order valence-electron chi connectivity index (χ1n) is 9.24. The Balaban J connectivity index is 1.82. The molecule has 4 rings (SSSR count). The van der Waals surface area contributed by atoms with Crippen molar-refractivity contribution >= 4 is 17.6 Å². The number of benzene rings is 2. The fraction of sp³-hybridized carbons (Fsp3) is 0.261. The minimum Gasteiger partial charge on any atom is -0.481 e. The van der Waals surface area contributed by atoms with Gasteiger partial charge in [-0.25, -0.2) is 0 Å². The summed E-state index contributed by atoms with van der Waals surface area (Å²) >= 11 is 6.55. The molecule has 1 aliphatic rings. The van der Waals surface area contributed by atoms with Crippen LogP contribution in [0.1, 0.15) is 35.1 Å². The van der Waals surface area contributed by atoms with Crippen LogP contribution >= 0.6 is 11.6 Å². The van der Waals surface area contributed by atoms with E-state index >= 15 is 0 Å². The standard InChI is InChI=1S/C23H21ClO4/c24-20-7-6-17(13-21(25)26)12-19(20)22(9-10-22)23(27,18-8-11-28-15-18)14-16-4-2-1-3-5-16/h1-8,11-12,15,27H,9-10,13-14H2,(H,25,26). The van der Waals surface area contributed by atoms with Crippen LogP contribution in [0.15, 0.2) is 71.5 Å². The first-order valence-corrected chi connectivity index (χ1v) is 9.62. The zero-order valence-corrected chi connectivity index (χ0v) is 16.0. The molecule has 3 aromatic rings. The van der Waals surface area contributed by atoms with Gasteiger partial charge in [0.25, 0.3) is 0 Å². The van der Waals surface area contributed by atoms with Crippen molar-refractivity contribution in [2.45, 2.75) is 36.7 Å². The molecule has 0 amide bonds. The topological polar surface area (TPSA) is 70.7 Å². The predicted molar refractivity (Wildman–Crippen MR) is 106 cm³/mol. The summed E-state index contributed by atoms with van der Waals surface area (Å²) in [5.74, 6) is -0.896. The van der Waals surface area contributed by atoms with Crippen LogP contribution in [0.2, 0.25) is 5.02 Å². The van der Waals surface area contributed by atoms with Gasteiger partial charge in [0, 0.05) is 22.4 Å². The number of furan rings is 1. The molecule has 1 fully saturated rings. The van der Waals surface area contributed by atoms with Crippen LogP contribution in [0.5, 0.6) is 0 Å². The van der Waals surface area contributed by atoms with Gasteiger partial charge in [0.1, 0.15) is 5.60 Å². The molecule has 1 atom stereocenters. The number of aliphatic hydroxyl groups is 1. The summed E-state index contributed by atoms with van der Waals surface area (Å²) in [5, 5.41) is 21.7. The molecule has 2 aromatic carbocycles. The van der Waals surface area contributed by atoms with Crippen LogP contribution < -0.4 is 0 Å². The first-order chi connectivity index (χ1) is 13.4. The number of aliphatic carboxylic acids is 1. The highest BCUT2D eigenvalue weighted by Gasteiger charge is 2.61. The average molecular weight is 397 g/mol. The Labute approximate surface area is 168 Å². The molecule has 0 bridgehead atoms. The van der Waals surface area contributed by atoms with Crippen LogP contribution in [-0.4, -0.2) is 16.2 Å². The maximum Gasteiger partial charge on any atom is 0.307 e. The molecule has 0 radical (unpaired) electrons. The van der Waals surface area contributed by atoms with Crippen molar-refractivity contribution in [3.63, 3.8) is 0 Å². The lowest BCUT2D eigenvalue weighted by atomic mass is 9.71. The van der Waals surface area contributed by atoms with E-state index in [9.17, 15) is 9.90 Å². The van der Waals surface area contributed by atoms with E-state index in [0.29, 0.717) is 22.6 Å². The SMILES string of the molecule is O=C(O)Cc1ccc(Cl)c(C2(C(O)(Cc3ccccc3)c3ccoc3)CC2)c1. The van der Waals surface area contributed by atoms with Gasteiger partial charge in [-0.3, -0.25) is 4.79 Å². The summed E-state index contributed by atoms with van der Waals surface area (Å²) in [4.78, 5) is 11.2. The molecule has 0 spiro atoms. The van der Waals surface area contributed by atoms with E-state index in [2.05, 4.69) is 0 Å². The van der Waals surface area contributed by atoms with E-state index in [-0.39, 0.29) is 6.42 Å². The third-order valence-electron chi connectivity index (χ3n) is 5.74. The second-order valence-electron chi connectivity index (χ2n) is 7.50. The van der Waals surface area contributed by atoms with Crippen molar-refractivity contribution in [3.05, 3.63) is 94.4 Å².